The molecule has 0 unspecified atom stereocenters. The highest BCUT2D eigenvalue weighted by molar-refractivity contribution is 5.70. The standard InChI is InChI=1S/C18H38N2O4/c1-7-23-17(21)15-19(3,4)13-11-9-10-12-14-20(5,6)16-18(22)24-8-2/h7-16H2,1-6H3/q+2. The SMILES string of the molecule is CCOC(=O)C[N+](C)(C)CCCCCC[N+](C)(C)CC(=O)OCC. The Kier molecular flexibility index (Phi) is 10.9. The van der Waals surface area contributed by atoms with Crippen LogP contribution in [0, 0.1) is 0 Å². The van der Waals surface area contributed by atoms with E-state index in [1.807, 2.05) is 13.8 Å². The molecule has 0 amide bonds. The van der Waals surface area contributed by atoms with E-state index in [9.17, 15) is 9.59 Å². The van der Waals surface area contributed by atoms with Crippen LogP contribution in [0.5, 0.6) is 0 Å². The van der Waals surface area contributed by atoms with Crippen molar-refractivity contribution in [2.45, 2.75) is 39.5 Å². The maximum atomic E-state index is 11.6. The molecule has 0 aliphatic rings. The first-order chi connectivity index (χ1) is 11.1. The zero-order chi connectivity index (χ0) is 18.6. The van der Waals surface area contributed by atoms with Crippen LogP contribution >= 0.6 is 0 Å². The molecule has 0 radical (unpaired) electrons. The van der Waals surface area contributed by atoms with Crippen molar-refractivity contribution < 1.29 is 28.0 Å². The average molecular weight is 347 g/mol. The number of nitrogens with zero attached hydrogens (tertiary/aromatic N) is 2. The van der Waals surface area contributed by atoms with Gasteiger partial charge in [-0.15, -0.1) is 0 Å². The summed E-state index contributed by atoms with van der Waals surface area (Å²) in [5.41, 5.74) is 0. The van der Waals surface area contributed by atoms with Crippen LogP contribution in [-0.2, 0) is 19.1 Å². The van der Waals surface area contributed by atoms with Crippen molar-refractivity contribution in [3.05, 3.63) is 0 Å². The Balaban J connectivity index is 3.85. The fourth-order valence-electron chi connectivity index (χ4n) is 2.70. The summed E-state index contributed by atoms with van der Waals surface area (Å²) in [6.07, 6.45) is 4.48. The first kappa shape index (κ1) is 22.9. The number of ether oxygens (including phenoxy) is 2. The van der Waals surface area contributed by atoms with Crippen LogP contribution in [0.2, 0.25) is 0 Å². The van der Waals surface area contributed by atoms with Crippen molar-refractivity contribution in [2.75, 3.05) is 67.6 Å². The summed E-state index contributed by atoms with van der Waals surface area (Å²) in [6, 6.07) is 0. The topological polar surface area (TPSA) is 52.6 Å². The predicted octanol–water partition coefficient (Wildman–Crippen LogP) is 1.83. The van der Waals surface area contributed by atoms with Gasteiger partial charge in [-0.1, -0.05) is 0 Å². The number of carbonyl (C=O) groups excluding carboxylic acids is 2. The maximum Gasteiger partial charge on any atom is 0.361 e. The lowest BCUT2D eigenvalue weighted by molar-refractivity contribution is -0.884. The van der Waals surface area contributed by atoms with Gasteiger partial charge < -0.3 is 18.4 Å². The number of esters is 2. The maximum absolute atomic E-state index is 11.6. The molecular weight excluding hydrogens is 308 g/mol. The molecule has 0 aromatic carbocycles. The number of unbranched alkanes of at least 4 members (excludes halogenated alkanes) is 3. The number of likely N-dealkylation sites (N-methyl/N-ethyl adjacent to an activating group) is 2. The summed E-state index contributed by atoms with van der Waals surface area (Å²) < 4.78 is 11.4. The minimum atomic E-state index is -0.125. The average Bonchev–Trinajstić information content (AvgIpc) is 2.41. The number of hydrogen-bond donors (Lipinski definition) is 0. The minimum absolute atomic E-state index is 0.125. The monoisotopic (exact) mass is 346 g/mol. The fourth-order valence-corrected chi connectivity index (χ4v) is 2.70. The molecule has 0 bridgehead atoms. The van der Waals surface area contributed by atoms with E-state index in [1.165, 1.54) is 0 Å². The van der Waals surface area contributed by atoms with Gasteiger partial charge in [0.2, 0.25) is 0 Å². The zero-order valence-corrected chi connectivity index (χ0v) is 16.6. The van der Waals surface area contributed by atoms with E-state index in [0.717, 1.165) is 38.8 Å². The van der Waals surface area contributed by atoms with Gasteiger partial charge in [0.05, 0.1) is 54.5 Å². The summed E-state index contributed by atoms with van der Waals surface area (Å²) in [6.45, 7) is 7.35. The van der Waals surface area contributed by atoms with Gasteiger partial charge in [0.1, 0.15) is 0 Å². The first-order valence-corrected chi connectivity index (χ1v) is 9.07. The second-order valence-corrected chi connectivity index (χ2v) is 7.66. The molecule has 0 spiro atoms. The molecule has 0 heterocycles. The molecule has 0 saturated carbocycles. The van der Waals surface area contributed by atoms with Crippen LogP contribution < -0.4 is 0 Å². The quantitative estimate of drug-likeness (QED) is 0.290. The molecule has 24 heavy (non-hydrogen) atoms. The summed E-state index contributed by atoms with van der Waals surface area (Å²) in [5.74, 6) is -0.249. The molecule has 142 valence electrons. The summed E-state index contributed by atoms with van der Waals surface area (Å²) in [5, 5.41) is 0. The normalized spacial score (nSPS) is 12.1. The predicted molar refractivity (Wildman–Crippen MR) is 95.4 cm³/mol. The highest BCUT2D eigenvalue weighted by Gasteiger charge is 2.21. The first-order valence-electron chi connectivity index (χ1n) is 9.07. The summed E-state index contributed by atoms with van der Waals surface area (Å²) in [7, 11) is 8.26. The third-order valence-corrected chi connectivity index (χ3v) is 4.00. The van der Waals surface area contributed by atoms with Crippen molar-refractivity contribution in [2.24, 2.45) is 0 Å². The van der Waals surface area contributed by atoms with Gasteiger partial charge in [-0.25, -0.2) is 9.59 Å². The molecule has 0 rings (SSSR count). The second kappa shape index (κ2) is 11.4. The van der Waals surface area contributed by atoms with Crippen LogP contribution in [0.3, 0.4) is 0 Å². The molecule has 0 aromatic rings. The Morgan fingerprint density at radius 3 is 1.29 bits per heavy atom. The Hall–Kier alpha value is -1.14. The van der Waals surface area contributed by atoms with Crippen molar-refractivity contribution >= 4 is 11.9 Å². The van der Waals surface area contributed by atoms with Gasteiger partial charge >= 0.3 is 11.9 Å². The number of quaternary nitrogens is 2. The van der Waals surface area contributed by atoms with Crippen molar-refractivity contribution in [1.82, 2.24) is 0 Å². The molecule has 6 nitrogen and oxygen atoms in total. The van der Waals surface area contributed by atoms with Gasteiger partial charge in [-0.2, -0.15) is 0 Å². The van der Waals surface area contributed by atoms with E-state index in [-0.39, 0.29) is 11.9 Å². The molecule has 6 heteroatoms. The molecule has 0 atom stereocenters. The molecule has 0 aliphatic carbocycles. The van der Waals surface area contributed by atoms with Crippen LogP contribution in [0.4, 0.5) is 0 Å². The largest absolute Gasteiger partial charge is 0.462 e. The van der Waals surface area contributed by atoms with E-state index < -0.39 is 0 Å². The minimum Gasteiger partial charge on any atom is -0.462 e. The van der Waals surface area contributed by atoms with Gasteiger partial charge in [0.15, 0.2) is 13.1 Å². The van der Waals surface area contributed by atoms with Gasteiger partial charge in [-0.05, 0) is 39.5 Å². The van der Waals surface area contributed by atoms with Gasteiger partial charge in [0, 0.05) is 0 Å². The number of rotatable bonds is 13. The Morgan fingerprint density at radius 2 is 1.00 bits per heavy atom. The van der Waals surface area contributed by atoms with E-state index in [0.29, 0.717) is 35.3 Å². The molecule has 0 aliphatic heterocycles. The molecule has 0 N–H and O–H groups in total. The number of carbonyl (C=O) groups is 2. The fraction of sp³-hybridized carbons (Fsp3) is 0.889. The van der Waals surface area contributed by atoms with Gasteiger partial charge in [0.25, 0.3) is 0 Å². The zero-order valence-electron chi connectivity index (χ0n) is 16.6. The highest BCUT2D eigenvalue weighted by atomic mass is 16.5. The van der Waals surface area contributed by atoms with Gasteiger partial charge in [-0.3, -0.25) is 0 Å². The number of hydrogen-bond acceptors (Lipinski definition) is 4. The summed E-state index contributed by atoms with van der Waals surface area (Å²) >= 11 is 0. The third-order valence-electron chi connectivity index (χ3n) is 4.00. The van der Waals surface area contributed by atoms with Crippen LogP contribution in [0.25, 0.3) is 0 Å². The third kappa shape index (κ3) is 12.3. The van der Waals surface area contributed by atoms with E-state index in [4.69, 9.17) is 9.47 Å². The highest BCUT2D eigenvalue weighted by Crippen LogP contribution is 2.09. The lowest BCUT2D eigenvalue weighted by atomic mass is 10.1. The molecule has 0 fully saturated rings. The van der Waals surface area contributed by atoms with Crippen LogP contribution in [0.15, 0.2) is 0 Å². The van der Waals surface area contributed by atoms with Crippen molar-refractivity contribution in [3.63, 3.8) is 0 Å². The Labute approximate surface area is 147 Å². The lowest BCUT2D eigenvalue weighted by Gasteiger charge is -2.29. The smallest absolute Gasteiger partial charge is 0.361 e. The van der Waals surface area contributed by atoms with E-state index in [1.54, 1.807) is 0 Å². The second-order valence-electron chi connectivity index (χ2n) is 7.66. The van der Waals surface area contributed by atoms with Crippen LogP contribution in [-0.4, -0.2) is 88.5 Å². The Morgan fingerprint density at radius 1 is 0.667 bits per heavy atom. The molecule has 0 saturated heterocycles. The molecular formula is C18H38N2O4+2. The Bertz CT molecular complexity index is 345. The summed E-state index contributed by atoms with van der Waals surface area (Å²) in [4.78, 5) is 23.1. The van der Waals surface area contributed by atoms with Crippen molar-refractivity contribution in [1.29, 1.82) is 0 Å². The lowest BCUT2D eigenvalue weighted by Crippen LogP contribution is -2.45. The van der Waals surface area contributed by atoms with E-state index in [2.05, 4.69) is 28.2 Å². The van der Waals surface area contributed by atoms with Crippen LogP contribution in [0.1, 0.15) is 39.5 Å². The van der Waals surface area contributed by atoms with E-state index >= 15 is 0 Å². The van der Waals surface area contributed by atoms with Crippen molar-refractivity contribution in [3.8, 4) is 0 Å². The molecule has 0 aromatic heterocycles.